The first-order valence-electron chi connectivity index (χ1n) is 6.46. The molecule has 0 aliphatic heterocycles. The summed E-state index contributed by atoms with van der Waals surface area (Å²) in [4.78, 5) is 12.7. The lowest BCUT2D eigenvalue weighted by molar-refractivity contribution is -0.131. The summed E-state index contributed by atoms with van der Waals surface area (Å²) in [5, 5.41) is 9.32. The number of carboxylic acid groups (broad SMARTS) is 1. The number of anilines is 1. The fraction of sp³-hybridized carbons (Fsp3) is 0.400. The number of rotatable bonds is 7. The summed E-state index contributed by atoms with van der Waals surface area (Å²) in [5.74, 6) is -0.959. The molecule has 1 aromatic rings. The molecule has 0 saturated carbocycles. The number of hydrogen-bond acceptors (Lipinski definition) is 2. The van der Waals surface area contributed by atoms with Gasteiger partial charge in [0.05, 0.1) is 0 Å². The van der Waals surface area contributed by atoms with E-state index in [2.05, 4.69) is 11.8 Å². The van der Waals surface area contributed by atoms with E-state index in [1.165, 1.54) is 12.8 Å². The molecule has 4 heteroatoms. The van der Waals surface area contributed by atoms with Gasteiger partial charge in [-0.25, -0.2) is 4.79 Å². The van der Waals surface area contributed by atoms with Crippen molar-refractivity contribution in [3.63, 3.8) is 0 Å². The van der Waals surface area contributed by atoms with Crippen LogP contribution in [0.25, 0.3) is 6.08 Å². The summed E-state index contributed by atoms with van der Waals surface area (Å²) >= 11 is 5.96. The van der Waals surface area contributed by atoms with E-state index in [0.29, 0.717) is 5.02 Å². The van der Waals surface area contributed by atoms with Gasteiger partial charge >= 0.3 is 5.97 Å². The Kier molecular flexibility index (Phi) is 6.43. The minimum atomic E-state index is -0.959. The van der Waals surface area contributed by atoms with Crippen LogP contribution in [0.2, 0.25) is 5.02 Å². The molecule has 3 nitrogen and oxygen atoms in total. The molecule has 1 aromatic carbocycles. The Morgan fingerprint density at radius 3 is 2.79 bits per heavy atom. The van der Waals surface area contributed by atoms with E-state index < -0.39 is 5.97 Å². The van der Waals surface area contributed by atoms with Gasteiger partial charge in [0.15, 0.2) is 0 Å². The summed E-state index contributed by atoms with van der Waals surface area (Å²) in [6.45, 7) is 3.12. The molecule has 0 amide bonds. The first kappa shape index (κ1) is 15.6. The number of hydrogen-bond donors (Lipinski definition) is 1. The van der Waals surface area contributed by atoms with E-state index >= 15 is 0 Å². The molecule has 0 bridgehead atoms. The Morgan fingerprint density at radius 2 is 2.16 bits per heavy atom. The Bertz CT molecular complexity index is 457. The van der Waals surface area contributed by atoms with Crippen LogP contribution in [0.1, 0.15) is 31.7 Å². The summed E-state index contributed by atoms with van der Waals surface area (Å²) in [6, 6.07) is 5.54. The molecule has 0 heterocycles. The molecule has 19 heavy (non-hydrogen) atoms. The second-order valence-electron chi connectivity index (χ2n) is 4.50. The van der Waals surface area contributed by atoms with Crippen LogP contribution in [0, 0.1) is 0 Å². The average Bonchev–Trinajstić information content (AvgIpc) is 2.36. The van der Waals surface area contributed by atoms with E-state index in [4.69, 9.17) is 16.7 Å². The van der Waals surface area contributed by atoms with Crippen LogP contribution in [0.5, 0.6) is 0 Å². The Balaban J connectivity index is 2.89. The summed E-state index contributed by atoms with van der Waals surface area (Å²) in [7, 11) is 2.01. The summed E-state index contributed by atoms with van der Waals surface area (Å²) in [5.41, 5.74) is 1.83. The van der Waals surface area contributed by atoms with Gasteiger partial charge in [-0.15, -0.1) is 0 Å². The van der Waals surface area contributed by atoms with E-state index in [1.54, 1.807) is 12.1 Å². The molecule has 0 aromatic heterocycles. The van der Waals surface area contributed by atoms with Crippen LogP contribution in [0.15, 0.2) is 24.3 Å². The fourth-order valence-electron chi connectivity index (χ4n) is 1.89. The normalized spacial score (nSPS) is 10.9. The van der Waals surface area contributed by atoms with Gasteiger partial charge in [0, 0.05) is 30.4 Å². The highest BCUT2D eigenvalue weighted by Gasteiger charge is 2.06. The predicted octanol–water partition coefficient (Wildman–Crippen LogP) is 4.06. The highest BCUT2D eigenvalue weighted by Crippen LogP contribution is 2.25. The van der Waals surface area contributed by atoms with E-state index in [1.807, 2.05) is 19.2 Å². The molecule has 1 N–H and O–H groups in total. The van der Waals surface area contributed by atoms with Crippen LogP contribution < -0.4 is 4.90 Å². The van der Waals surface area contributed by atoms with Gasteiger partial charge in [-0.05, 0) is 36.3 Å². The third-order valence-corrected chi connectivity index (χ3v) is 3.14. The second kappa shape index (κ2) is 7.85. The third-order valence-electron chi connectivity index (χ3n) is 2.90. The zero-order valence-corrected chi connectivity index (χ0v) is 12.2. The van der Waals surface area contributed by atoms with Gasteiger partial charge in [0.1, 0.15) is 0 Å². The maximum Gasteiger partial charge on any atom is 0.328 e. The van der Waals surface area contributed by atoms with Gasteiger partial charge < -0.3 is 10.0 Å². The van der Waals surface area contributed by atoms with Crippen molar-refractivity contribution in [2.45, 2.75) is 26.2 Å². The molecule has 0 atom stereocenters. The Hall–Kier alpha value is -1.48. The van der Waals surface area contributed by atoms with Crippen LogP contribution in [0.3, 0.4) is 0 Å². The lowest BCUT2D eigenvalue weighted by Gasteiger charge is -2.21. The van der Waals surface area contributed by atoms with E-state index in [0.717, 1.165) is 30.3 Å². The molecule has 0 unspecified atom stereocenters. The molecule has 0 aliphatic rings. The molecule has 0 aliphatic carbocycles. The molecular formula is C15H20ClNO2. The van der Waals surface area contributed by atoms with Crippen molar-refractivity contribution in [3.05, 3.63) is 34.9 Å². The van der Waals surface area contributed by atoms with Crippen molar-refractivity contribution in [1.82, 2.24) is 0 Å². The van der Waals surface area contributed by atoms with E-state index in [-0.39, 0.29) is 0 Å². The highest BCUT2D eigenvalue weighted by molar-refractivity contribution is 6.30. The van der Waals surface area contributed by atoms with Gasteiger partial charge in [0.25, 0.3) is 0 Å². The number of carboxylic acids is 1. The van der Waals surface area contributed by atoms with Crippen molar-refractivity contribution < 1.29 is 9.90 Å². The largest absolute Gasteiger partial charge is 0.478 e. The topological polar surface area (TPSA) is 40.5 Å². The fourth-order valence-corrected chi connectivity index (χ4v) is 2.07. The molecular weight excluding hydrogens is 262 g/mol. The Labute approximate surface area is 119 Å². The lowest BCUT2D eigenvalue weighted by atomic mass is 10.1. The van der Waals surface area contributed by atoms with Crippen LogP contribution in [-0.4, -0.2) is 24.7 Å². The predicted molar refractivity (Wildman–Crippen MR) is 80.9 cm³/mol. The minimum Gasteiger partial charge on any atom is -0.478 e. The lowest BCUT2D eigenvalue weighted by Crippen LogP contribution is -2.19. The average molecular weight is 282 g/mol. The zero-order valence-electron chi connectivity index (χ0n) is 11.4. The SMILES string of the molecule is CCCCCN(C)c1ccc(Cl)cc1/C=C/C(=O)O. The Morgan fingerprint density at radius 1 is 1.42 bits per heavy atom. The van der Waals surface area contributed by atoms with Crippen molar-refractivity contribution in [3.8, 4) is 0 Å². The van der Waals surface area contributed by atoms with Gasteiger partial charge in [-0.1, -0.05) is 31.4 Å². The second-order valence-corrected chi connectivity index (χ2v) is 4.94. The molecule has 0 radical (unpaired) electrons. The number of carbonyl (C=O) groups is 1. The maximum atomic E-state index is 10.6. The summed E-state index contributed by atoms with van der Waals surface area (Å²) in [6.07, 6.45) is 6.21. The highest BCUT2D eigenvalue weighted by atomic mass is 35.5. The van der Waals surface area contributed by atoms with Crippen molar-refractivity contribution >= 4 is 29.3 Å². The van der Waals surface area contributed by atoms with Crippen molar-refractivity contribution in [2.75, 3.05) is 18.5 Å². The van der Waals surface area contributed by atoms with Crippen LogP contribution in [-0.2, 0) is 4.79 Å². The van der Waals surface area contributed by atoms with Gasteiger partial charge in [-0.3, -0.25) is 0 Å². The minimum absolute atomic E-state index is 0.607. The number of benzene rings is 1. The van der Waals surface area contributed by atoms with Crippen molar-refractivity contribution in [2.24, 2.45) is 0 Å². The number of nitrogens with zero attached hydrogens (tertiary/aromatic N) is 1. The monoisotopic (exact) mass is 281 g/mol. The molecule has 1 rings (SSSR count). The van der Waals surface area contributed by atoms with Crippen molar-refractivity contribution in [1.29, 1.82) is 0 Å². The van der Waals surface area contributed by atoms with Crippen LogP contribution >= 0.6 is 11.6 Å². The first-order chi connectivity index (χ1) is 9.04. The number of halogens is 1. The smallest absolute Gasteiger partial charge is 0.328 e. The standard InChI is InChI=1S/C15H20ClNO2/c1-3-4-5-10-17(2)14-8-7-13(16)11-12(14)6-9-15(18)19/h6-9,11H,3-5,10H2,1-2H3,(H,18,19)/b9-6+. The zero-order chi connectivity index (χ0) is 14.3. The number of aliphatic carboxylic acids is 1. The third kappa shape index (κ3) is 5.35. The maximum absolute atomic E-state index is 10.6. The molecule has 0 saturated heterocycles. The summed E-state index contributed by atoms with van der Waals surface area (Å²) < 4.78 is 0. The molecule has 0 spiro atoms. The number of unbranched alkanes of at least 4 members (excludes halogenated alkanes) is 2. The van der Waals surface area contributed by atoms with Gasteiger partial charge in [-0.2, -0.15) is 0 Å². The quantitative estimate of drug-likeness (QED) is 0.605. The molecule has 104 valence electrons. The van der Waals surface area contributed by atoms with Crippen LogP contribution in [0.4, 0.5) is 5.69 Å². The van der Waals surface area contributed by atoms with Gasteiger partial charge in [0.2, 0.25) is 0 Å². The van der Waals surface area contributed by atoms with E-state index in [9.17, 15) is 4.79 Å². The molecule has 0 fully saturated rings. The first-order valence-corrected chi connectivity index (χ1v) is 6.84.